The molecule has 0 radical (unpaired) electrons. The fourth-order valence-corrected chi connectivity index (χ4v) is 3.33. The molecular weight excluding hydrogens is 435 g/mol. The van der Waals surface area contributed by atoms with Crippen LogP contribution in [0.3, 0.4) is 0 Å². The van der Waals surface area contributed by atoms with Gasteiger partial charge in [0.05, 0.1) is 28.5 Å². The standard InChI is InChI=1S/C23H18Cl2N4O2/c1-31-18-7-4-16(5-8-18)21-12-22(23(30)27-14-15-3-2-10-26-13-15)29(28-21)17-6-9-19(24)20(25)11-17/h2-13H,14H2,1H3,(H,27,30). The van der Waals surface area contributed by atoms with Gasteiger partial charge in [-0.2, -0.15) is 5.10 Å². The number of nitrogens with zero attached hydrogens (tertiary/aromatic N) is 3. The molecule has 0 unspecified atom stereocenters. The molecule has 0 spiro atoms. The number of rotatable bonds is 6. The van der Waals surface area contributed by atoms with Gasteiger partial charge >= 0.3 is 0 Å². The third-order valence-corrected chi connectivity index (χ3v) is 5.39. The maximum atomic E-state index is 13.0. The summed E-state index contributed by atoms with van der Waals surface area (Å²) in [6.07, 6.45) is 3.39. The molecule has 4 rings (SSSR count). The number of carbonyl (C=O) groups excluding carboxylic acids is 1. The number of methoxy groups -OCH3 is 1. The molecule has 0 atom stereocenters. The predicted octanol–water partition coefficient (Wildman–Crippen LogP) is 5.18. The van der Waals surface area contributed by atoms with Crippen LogP contribution in [-0.2, 0) is 6.54 Å². The van der Waals surface area contributed by atoms with Gasteiger partial charge in [-0.15, -0.1) is 0 Å². The normalized spacial score (nSPS) is 10.7. The van der Waals surface area contributed by atoms with Gasteiger partial charge in [0.15, 0.2) is 0 Å². The molecule has 0 aliphatic rings. The highest BCUT2D eigenvalue weighted by Gasteiger charge is 2.18. The highest BCUT2D eigenvalue weighted by atomic mass is 35.5. The molecule has 2 aromatic heterocycles. The van der Waals surface area contributed by atoms with Crippen LogP contribution >= 0.6 is 23.2 Å². The second kappa shape index (κ2) is 9.20. The second-order valence-corrected chi connectivity index (χ2v) is 7.51. The Morgan fingerprint density at radius 2 is 1.87 bits per heavy atom. The molecule has 1 amide bonds. The number of halogens is 2. The van der Waals surface area contributed by atoms with E-state index in [1.54, 1.807) is 48.5 Å². The van der Waals surface area contributed by atoms with Crippen LogP contribution in [0.15, 0.2) is 73.1 Å². The maximum Gasteiger partial charge on any atom is 0.270 e. The molecule has 4 aromatic rings. The van der Waals surface area contributed by atoms with Gasteiger partial charge in [0.25, 0.3) is 5.91 Å². The minimum absolute atomic E-state index is 0.276. The van der Waals surface area contributed by atoms with Crippen LogP contribution in [0.5, 0.6) is 5.75 Å². The van der Waals surface area contributed by atoms with Crippen LogP contribution in [-0.4, -0.2) is 27.8 Å². The number of benzene rings is 2. The highest BCUT2D eigenvalue weighted by Crippen LogP contribution is 2.28. The first-order chi connectivity index (χ1) is 15.0. The highest BCUT2D eigenvalue weighted by molar-refractivity contribution is 6.42. The molecule has 0 aliphatic carbocycles. The van der Waals surface area contributed by atoms with Gasteiger partial charge in [-0.3, -0.25) is 9.78 Å². The molecule has 0 bridgehead atoms. The van der Waals surface area contributed by atoms with Gasteiger partial charge in [0.1, 0.15) is 11.4 Å². The van der Waals surface area contributed by atoms with E-state index in [4.69, 9.17) is 27.9 Å². The second-order valence-electron chi connectivity index (χ2n) is 6.70. The Hall–Kier alpha value is -3.35. The first kappa shape index (κ1) is 20.9. The number of aromatic nitrogens is 3. The lowest BCUT2D eigenvalue weighted by Crippen LogP contribution is -2.25. The third kappa shape index (κ3) is 4.71. The third-order valence-electron chi connectivity index (χ3n) is 4.65. The van der Waals surface area contributed by atoms with Crippen molar-refractivity contribution in [1.82, 2.24) is 20.1 Å². The van der Waals surface area contributed by atoms with Gasteiger partial charge in [0, 0.05) is 24.5 Å². The summed E-state index contributed by atoms with van der Waals surface area (Å²) in [5.74, 6) is 0.462. The maximum absolute atomic E-state index is 13.0. The Labute approximate surface area is 189 Å². The first-order valence-corrected chi connectivity index (χ1v) is 10.2. The number of amides is 1. The van der Waals surface area contributed by atoms with Gasteiger partial charge in [0.2, 0.25) is 0 Å². The summed E-state index contributed by atoms with van der Waals surface area (Å²) in [5.41, 5.74) is 3.38. The summed E-state index contributed by atoms with van der Waals surface area (Å²) >= 11 is 12.3. The Bertz CT molecular complexity index is 1210. The van der Waals surface area contributed by atoms with Crippen LogP contribution in [0.2, 0.25) is 10.0 Å². The van der Waals surface area contributed by atoms with Crippen molar-refractivity contribution in [3.8, 4) is 22.7 Å². The summed E-state index contributed by atoms with van der Waals surface area (Å²) < 4.78 is 6.77. The number of hydrogen-bond donors (Lipinski definition) is 1. The quantitative estimate of drug-likeness (QED) is 0.437. The predicted molar refractivity (Wildman–Crippen MR) is 121 cm³/mol. The summed E-state index contributed by atoms with van der Waals surface area (Å²) in [7, 11) is 1.61. The van der Waals surface area contributed by atoms with Gasteiger partial charge in [-0.25, -0.2) is 4.68 Å². The molecule has 2 aromatic carbocycles. The van der Waals surface area contributed by atoms with Crippen molar-refractivity contribution < 1.29 is 9.53 Å². The number of nitrogens with one attached hydrogen (secondary N) is 1. The zero-order valence-corrected chi connectivity index (χ0v) is 18.1. The fourth-order valence-electron chi connectivity index (χ4n) is 3.03. The average Bonchev–Trinajstić information content (AvgIpc) is 3.25. The zero-order chi connectivity index (χ0) is 21.8. The number of carbonyl (C=O) groups is 1. The molecule has 8 heteroatoms. The summed E-state index contributed by atoms with van der Waals surface area (Å²) in [6, 6.07) is 18.0. The van der Waals surface area contributed by atoms with Gasteiger partial charge in [-0.05, 0) is 60.2 Å². The van der Waals surface area contributed by atoms with Crippen molar-refractivity contribution in [3.63, 3.8) is 0 Å². The van der Waals surface area contributed by atoms with Crippen molar-refractivity contribution in [1.29, 1.82) is 0 Å². The van der Waals surface area contributed by atoms with Crippen LogP contribution in [0.1, 0.15) is 16.1 Å². The number of ether oxygens (including phenoxy) is 1. The van der Waals surface area contributed by atoms with Crippen LogP contribution in [0.25, 0.3) is 16.9 Å². The zero-order valence-electron chi connectivity index (χ0n) is 16.5. The average molecular weight is 453 g/mol. The summed E-state index contributed by atoms with van der Waals surface area (Å²) in [6.45, 7) is 0.344. The molecule has 0 aliphatic heterocycles. The SMILES string of the molecule is COc1ccc(-c2cc(C(=O)NCc3cccnc3)n(-c3ccc(Cl)c(Cl)c3)n2)cc1. The molecule has 31 heavy (non-hydrogen) atoms. The lowest BCUT2D eigenvalue weighted by Gasteiger charge is -2.09. The van der Waals surface area contributed by atoms with Crippen LogP contribution in [0.4, 0.5) is 0 Å². The molecule has 0 saturated heterocycles. The molecule has 156 valence electrons. The van der Waals surface area contributed by atoms with E-state index in [1.165, 1.54) is 0 Å². The molecular formula is C23H18Cl2N4O2. The smallest absolute Gasteiger partial charge is 0.270 e. The van der Waals surface area contributed by atoms with E-state index < -0.39 is 0 Å². The lowest BCUT2D eigenvalue weighted by molar-refractivity contribution is 0.0943. The van der Waals surface area contributed by atoms with E-state index in [-0.39, 0.29) is 5.91 Å². The van der Waals surface area contributed by atoms with Crippen molar-refractivity contribution in [2.24, 2.45) is 0 Å². The Morgan fingerprint density at radius 3 is 2.55 bits per heavy atom. The minimum Gasteiger partial charge on any atom is -0.497 e. The minimum atomic E-state index is -0.276. The number of hydrogen-bond acceptors (Lipinski definition) is 4. The van der Waals surface area contributed by atoms with E-state index in [0.717, 1.165) is 16.9 Å². The van der Waals surface area contributed by atoms with Crippen molar-refractivity contribution in [3.05, 3.63) is 94.4 Å². The molecule has 0 saturated carbocycles. The van der Waals surface area contributed by atoms with E-state index >= 15 is 0 Å². The lowest BCUT2D eigenvalue weighted by atomic mass is 10.1. The molecule has 2 heterocycles. The van der Waals surface area contributed by atoms with E-state index in [2.05, 4.69) is 15.4 Å². The van der Waals surface area contributed by atoms with Crippen molar-refractivity contribution >= 4 is 29.1 Å². The van der Waals surface area contributed by atoms with Crippen LogP contribution < -0.4 is 10.1 Å². The Kier molecular flexibility index (Phi) is 6.21. The summed E-state index contributed by atoms with van der Waals surface area (Å²) in [4.78, 5) is 17.1. The fraction of sp³-hybridized carbons (Fsp3) is 0.0870. The summed E-state index contributed by atoms with van der Waals surface area (Å²) in [5, 5.41) is 8.37. The van der Waals surface area contributed by atoms with E-state index in [9.17, 15) is 4.79 Å². The number of pyridine rings is 1. The molecule has 1 N–H and O–H groups in total. The van der Waals surface area contributed by atoms with Crippen molar-refractivity contribution in [2.75, 3.05) is 7.11 Å². The Balaban J connectivity index is 1.71. The van der Waals surface area contributed by atoms with E-state index in [0.29, 0.717) is 33.7 Å². The molecule has 0 fully saturated rings. The van der Waals surface area contributed by atoms with Crippen LogP contribution in [0, 0.1) is 0 Å². The van der Waals surface area contributed by atoms with Crippen molar-refractivity contribution in [2.45, 2.75) is 6.54 Å². The van der Waals surface area contributed by atoms with E-state index in [1.807, 2.05) is 36.4 Å². The van der Waals surface area contributed by atoms with Gasteiger partial charge < -0.3 is 10.1 Å². The first-order valence-electron chi connectivity index (χ1n) is 9.42. The topological polar surface area (TPSA) is 69.0 Å². The van der Waals surface area contributed by atoms with Gasteiger partial charge in [-0.1, -0.05) is 29.3 Å². The largest absolute Gasteiger partial charge is 0.497 e. The Morgan fingerprint density at radius 1 is 1.06 bits per heavy atom. The molecule has 6 nitrogen and oxygen atoms in total. The monoisotopic (exact) mass is 452 g/mol.